The molecule has 0 spiro atoms. The summed E-state index contributed by atoms with van der Waals surface area (Å²) in [6, 6.07) is 0. The van der Waals surface area contributed by atoms with Gasteiger partial charge in [0.05, 0.1) is 6.61 Å². The number of hydrogen-bond donors (Lipinski definition) is 1. The van der Waals surface area contributed by atoms with Crippen LogP contribution in [0.15, 0.2) is 6.33 Å². The summed E-state index contributed by atoms with van der Waals surface area (Å²) in [6.07, 6.45) is 2.69. The Labute approximate surface area is 102 Å². The average molecular weight is 236 g/mol. The molecule has 1 fully saturated rings. The largest absolute Gasteiger partial charge is 0.380 e. The number of rotatable bonds is 3. The first-order chi connectivity index (χ1) is 8.33. The molecule has 0 amide bonds. The van der Waals surface area contributed by atoms with E-state index in [0.717, 1.165) is 56.5 Å². The maximum atomic E-state index is 5.46. The van der Waals surface area contributed by atoms with E-state index in [2.05, 4.69) is 34.0 Å². The van der Waals surface area contributed by atoms with Gasteiger partial charge in [-0.05, 0) is 20.3 Å². The monoisotopic (exact) mass is 236 g/mol. The van der Waals surface area contributed by atoms with Crippen LogP contribution in [0.3, 0.4) is 0 Å². The summed E-state index contributed by atoms with van der Waals surface area (Å²) in [7, 11) is 0. The molecule has 1 aromatic heterocycles. The van der Waals surface area contributed by atoms with E-state index in [0.29, 0.717) is 0 Å². The summed E-state index contributed by atoms with van der Waals surface area (Å²) < 4.78 is 5.46. The van der Waals surface area contributed by atoms with E-state index < -0.39 is 0 Å². The third kappa shape index (κ3) is 2.85. The van der Waals surface area contributed by atoms with E-state index in [-0.39, 0.29) is 0 Å². The molecule has 0 radical (unpaired) electrons. The van der Waals surface area contributed by atoms with Crippen LogP contribution >= 0.6 is 0 Å². The second kappa shape index (κ2) is 5.82. The molecule has 2 heterocycles. The number of hydrogen-bond acceptors (Lipinski definition) is 5. The van der Waals surface area contributed by atoms with E-state index in [1.165, 1.54) is 0 Å². The molecule has 5 heteroatoms. The number of nitrogens with zero attached hydrogens (tertiary/aromatic N) is 3. The topological polar surface area (TPSA) is 50.3 Å². The zero-order valence-corrected chi connectivity index (χ0v) is 10.6. The van der Waals surface area contributed by atoms with Gasteiger partial charge in [-0.3, -0.25) is 0 Å². The summed E-state index contributed by atoms with van der Waals surface area (Å²) in [4.78, 5) is 11.0. The highest BCUT2D eigenvalue weighted by molar-refractivity contribution is 5.57. The van der Waals surface area contributed by atoms with Gasteiger partial charge in [-0.1, -0.05) is 0 Å². The highest BCUT2D eigenvalue weighted by Crippen LogP contribution is 2.22. The van der Waals surface area contributed by atoms with Crippen molar-refractivity contribution in [3.8, 4) is 0 Å². The van der Waals surface area contributed by atoms with Crippen molar-refractivity contribution < 1.29 is 4.74 Å². The van der Waals surface area contributed by atoms with Crippen molar-refractivity contribution >= 4 is 11.6 Å². The molecule has 0 bridgehead atoms. The molecule has 0 aromatic carbocycles. The fourth-order valence-electron chi connectivity index (χ4n) is 2.06. The van der Waals surface area contributed by atoms with Crippen LogP contribution in [0.5, 0.6) is 0 Å². The van der Waals surface area contributed by atoms with Crippen molar-refractivity contribution in [2.24, 2.45) is 0 Å². The van der Waals surface area contributed by atoms with Gasteiger partial charge in [0.2, 0.25) is 0 Å². The van der Waals surface area contributed by atoms with Crippen LogP contribution in [0, 0.1) is 6.92 Å². The lowest BCUT2D eigenvalue weighted by Crippen LogP contribution is -2.28. The van der Waals surface area contributed by atoms with Crippen molar-refractivity contribution in [3.63, 3.8) is 0 Å². The summed E-state index contributed by atoms with van der Waals surface area (Å²) >= 11 is 0. The quantitative estimate of drug-likeness (QED) is 0.860. The smallest absolute Gasteiger partial charge is 0.137 e. The summed E-state index contributed by atoms with van der Waals surface area (Å²) in [6.45, 7) is 8.55. The van der Waals surface area contributed by atoms with Gasteiger partial charge in [0.15, 0.2) is 0 Å². The van der Waals surface area contributed by atoms with Gasteiger partial charge in [-0.15, -0.1) is 0 Å². The van der Waals surface area contributed by atoms with E-state index >= 15 is 0 Å². The zero-order chi connectivity index (χ0) is 12.1. The molecule has 0 saturated carbocycles. The third-order valence-corrected chi connectivity index (χ3v) is 2.92. The maximum absolute atomic E-state index is 5.46. The lowest BCUT2D eigenvalue weighted by atomic mass is 10.2. The Morgan fingerprint density at radius 1 is 1.35 bits per heavy atom. The zero-order valence-electron chi connectivity index (χ0n) is 10.6. The standard InChI is InChI=1S/C12H20N4O/c1-3-13-11-10(2)12(15-9-14-11)16-5-4-7-17-8-6-16/h9H,3-8H2,1-2H3,(H,13,14,15). The molecule has 0 unspecified atom stereocenters. The van der Waals surface area contributed by atoms with Crippen LogP contribution in [0.4, 0.5) is 11.6 Å². The van der Waals surface area contributed by atoms with Gasteiger partial charge in [-0.2, -0.15) is 0 Å². The predicted molar refractivity (Wildman–Crippen MR) is 68.6 cm³/mol. The van der Waals surface area contributed by atoms with Crippen molar-refractivity contribution in [2.75, 3.05) is 43.1 Å². The van der Waals surface area contributed by atoms with E-state index in [1.807, 2.05) is 0 Å². The Kier molecular flexibility index (Phi) is 4.14. The lowest BCUT2D eigenvalue weighted by Gasteiger charge is -2.23. The number of ether oxygens (including phenoxy) is 1. The van der Waals surface area contributed by atoms with Gasteiger partial charge < -0.3 is 15.0 Å². The van der Waals surface area contributed by atoms with Gasteiger partial charge >= 0.3 is 0 Å². The molecule has 94 valence electrons. The van der Waals surface area contributed by atoms with Crippen molar-refractivity contribution in [3.05, 3.63) is 11.9 Å². The molecular formula is C12H20N4O. The highest BCUT2D eigenvalue weighted by atomic mass is 16.5. The second-order valence-electron chi connectivity index (χ2n) is 4.15. The molecule has 1 aromatic rings. The van der Waals surface area contributed by atoms with E-state index in [4.69, 9.17) is 4.74 Å². The lowest BCUT2D eigenvalue weighted by molar-refractivity contribution is 0.152. The first kappa shape index (κ1) is 12.1. The predicted octanol–water partition coefficient (Wildman–Crippen LogP) is 1.44. The average Bonchev–Trinajstić information content (AvgIpc) is 2.61. The fourth-order valence-corrected chi connectivity index (χ4v) is 2.06. The molecule has 1 aliphatic heterocycles. The Morgan fingerprint density at radius 3 is 3.06 bits per heavy atom. The molecule has 17 heavy (non-hydrogen) atoms. The van der Waals surface area contributed by atoms with Crippen molar-refractivity contribution in [1.29, 1.82) is 0 Å². The van der Waals surface area contributed by atoms with E-state index in [1.54, 1.807) is 6.33 Å². The van der Waals surface area contributed by atoms with Gasteiger partial charge in [0, 0.05) is 31.8 Å². The molecule has 2 rings (SSSR count). The van der Waals surface area contributed by atoms with Gasteiger partial charge in [-0.25, -0.2) is 9.97 Å². The summed E-state index contributed by atoms with van der Waals surface area (Å²) in [5.74, 6) is 1.96. The van der Waals surface area contributed by atoms with Gasteiger partial charge in [0.25, 0.3) is 0 Å². The molecule has 0 atom stereocenters. The van der Waals surface area contributed by atoms with Crippen LogP contribution in [0.25, 0.3) is 0 Å². The van der Waals surface area contributed by atoms with Gasteiger partial charge in [0.1, 0.15) is 18.0 Å². The Bertz CT molecular complexity index is 362. The van der Waals surface area contributed by atoms with Crippen LogP contribution in [-0.2, 0) is 4.74 Å². The summed E-state index contributed by atoms with van der Waals surface area (Å²) in [5, 5.41) is 3.26. The minimum absolute atomic E-state index is 0.778. The molecular weight excluding hydrogens is 216 g/mol. The number of anilines is 2. The van der Waals surface area contributed by atoms with E-state index in [9.17, 15) is 0 Å². The molecule has 5 nitrogen and oxygen atoms in total. The summed E-state index contributed by atoms with van der Waals surface area (Å²) in [5.41, 5.74) is 1.12. The minimum atomic E-state index is 0.778. The third-order valence-electron chi connectivity index (χ3n) is 2.92. The highest BCUT2D eigenvalue weighted by Gasteiger charge is 2.15. The van der Waals surface area contributed by atoms with Crippen LogP contribution < -0.4 is 10.2 Å². The first-order valence-electron chi connectivity index (χ1n) is 6.21. The fraction of sp³-hybridized carbons (Fsp3) is 0.667. The molecule has 1 aliphatic rings. The molecule has 1 N–H and O–H groups in total. The SMILES string of the molecule is CCNc1ncnc(N2CCCOCC2)c1C. The van der Waals surface area contributed by atoms with Crippen LogP contribution in [-0.4, -0.2) is 42.8 Å². The first-order valence-corrected chi connectivity index (χ1v) is 6.21. The molecule has 0 aliphatic carbocycles. The Balaban J connectivity index is 2.21. The van der Waals surface area contributed by atoms with Crippen molar-refractivity contribution in [1.82, 2.24) is 9.97 Å². The number of aromatic nitrogens is 2. The molecule has 1 saturated heterocycles. The maximum Gasteiger partial charge on any atom is 0.137 e. The normalized spacial score (nSPS) is 16.7. The number of nitrogens with one attached hydrogen (secondary N) is 1. The Morgan fingerprint density at radius 2 is 2.24 bits per heavy atom. The Hall–Kier alpha value is -1.36. The van der Waals surface area contributed by atoms with Crippen molar-refractivity contribution in [2.45, 2.75) is 20.3 Å². The second-order valence-corrected chi connectivity index (χ2v) is 4.15. The minimum Gasteiger partial charge on any atom is -0.380 e. The van der Waals surface area contributed by atoms with Crippen LogP contribution in [0.1, 0.15) is 18.9 Å². The van der Waals surface area contributed by atoms with Crippen LogP contribution in [0.2, 0.25) is 0 Å².